The van der Waals surface area contributed by atoms with Crippen LogP contribution in [0.4, 0.5) is 0 Å². The van der Waals surface area contributed by atoms with Gasteiger partial charge in [-0.1, -0.05) is 36.4 Å². The second kappa shape index (κ2) is 5.59. The monoisotopic (exact) mass is 275 g/mol. The van der Waals surface area contributed by atoms with Crippen molar-refractivity contribution < 1.29 is 9.90 Å². The third kappa shape index (κ3) is 2.98. The van der Waals surface area contributed by atoms with E-state index >= 15 is 0 Å². The smallest absolute Gasteiger partial charge is 0.186 e. The lowest BCUT2D eigenvalue weighted by Gasteiger charge is -1.99. The number of para-hydroxylation sites is 1. The summed E-state index contributed by atoms with van der Waals surface area (Å²) >= 11 is 0. The standard InChI is InChI=1S/C18H13NO2/c20-16-6-3-5-14(12-16)18(21)11-10-15-9-8-13-4-1-2-7-17(13)19-15/h1-12,20H/b11-10+. The van der Waals surface area contributed by atoms with E-state index in [1.807, 2.05) is 36.4 Å². The Bertz CT molecular complexity index is 837. The van der Waals surface area contributed by atoms with Crippen LogP contribution in [-0.4, -0.2) is 15.9 Å². The molecule has 0 atom stereocenters. The molecule has 2 aromatic carbocycles. The van der Waals surface area contributed by atoms with Crippen molar-refractivity contribution in [1.29, 1.82) is 0 Å². The number of allylic oxidation sites excluding steroid dienone is 1. The van der Waals surface area contributed by atoms with E-state index in [-0.39, 0.29) is 11.5 Å². The summed E-state index contributed by atoms with van der Waals surface area (Å²) in [5.41, 5.74) is 2.07. The number of aromatic nitrogens is 1. The molecule has 0 aliphatic heterocycles. The number of hydrogen-bond acceptors (Lipinski definition) is 3. The first-order chi connectivity index (χ1) is 10.2. The number of rotatable bonds is 3. The summed E-state index contributed by atoms with van der Waals surface area (Å²) in [5.74, 6) is -0.0843. The van der Waals surface area contributed by atoms with Gasteiger partial charge in [0.1, 0.15) is 5.75 Å². The SMILES string of the molecule is O=C(/C=C/c1ccc2ccccc2n1)c1cccc(O)c1. The van der Waals surface area contributed by atoms with Crippen molar-refractivity contribution in [1.82, 2.24) is 4.98 Å². The fourth-order valence-corrected chi connectivity index (χ4v) is 2.09. The molecular weight excluding hydrogens is 262 g/mol. The van der Waals surface area contributed by atoms with Gasteiger partial charge in [-0.2, -0.15) is 0 Å². The molecule has 0 fully saturated rings. The first kappa shape index (κ1) is 13.1. The summed E-state index contributed by atoms with van der Waals surface area (Å²) in [7, 11) is 0. The lowest BCUT2D eigenvalue weighted by atomic mass is 10.1. The Hall–Kier alpha value is -2.94. The molecule has 0 aliphatic carbocycles. The van der Waals surface area contributed by atoms with Gasteiger partial charge in [-0.05, 0) is 36.4 Å². The summed E-state index contributed by atoms with van der Waals surface area (Å²) in [6, 6.07) is 18.0. The van der Waals surface area contributed by atoms with E-state index in [2.05, 4.69) is 4.98 Å². The molecule has 0 amide bonds. The molecule has 0 saturated carbocycles. The molecule has 0 unspecified atom stereocenters. The van der Waals surface area contributed by atoms with Crippen LogP contribution < -0.4 is 0 Å². The summed E-state index contributed by atoms with van der Waals surface area (Å²) in [6.07, 6.45) is 3.14. The van der Waals surface area contributed by atoms with E-state index in [4.69, 9.17) is 0 Å². The minimum atomic E-state index is -0.166. The number of phenolic OH excluding ortho intramolecular Hbond substituents is 1. The summed E-state index contributed by atoms with van der Waals surface area (Å²) in [5, 5.41) is 10.4. The predicted molar refractivity (Wildman–Crippen MR) is 83.2 cm³/mol. The third-order valence-corrected chi connectivity index (χ3v) is 3.16. The number of carbonyl (C=O) groups is 1. The second-order valence-corrected chi connectivity index (χ2v) is 4.68. The molecule has 3 nitrogen and oxygen atoms in total. The van der Waals surface area contributed by atoms with Gasteiger partial charge in [0.15, 0.2) is 5.78 Å². The van der Waals surface area contributed by atoms with Gasteiger partial charge in [0.25, 0.3) is 0 Å². The number of carbonyl (C=O) groups excluding carboxylic acids is 1. The minimum Gasteiger partial charge on any atom is -0.508 e. The van der Waals surface area contributed by atoms with Gasteiger partial charge in [-0.3, -0.25) is 4.79 Å². The first-order valence-electron chi connectivity index (χ1n) is 6.60. The maximum Gasteiger partial charge on any atom is 0.186 e. The topological polar surface area (TPSA) is 50.2 Å². The summed E-state index contributed by atoms with van der Waals surface area (Å²) in [6.45, 7) is 0. The maximum atomic E-state index is 12.0. The van der Waals surface area contributed by atoms with Crippen molar-refractivity contribution in [3.63, 3.8) is 0 Å². The highest BCUT2D eigenvalue weighted by molar-refractivity contribution is 6.07. The van der Waals surface area contributed by atoms with Crippen LogP contribution in [0.2, 0.25) is 0 Å². The number of hydrogen-bond donors (Lipinski definition) is 1. The summed E-state index contributed by atoms with van der Waals surface area (Å²) < 4.78 is 0. The van der Waals surface area contributed by atoms with Crippen LogP contribution >= 0.6 is 0 Å². The molecule has 21 heavy (non-hydrogen) atoms. The van der Waals surface area contributed by atoms with Crippen molar-refractivity contribution in [2.24, 2.45) is 0 Å². The normalized spacial score (nSPS) is 11.0. The molecule has 3 heteroatoms. The first-order valence-corrected chi connectivity index (χ1v) is 6.60. The van der Waals surface area contributed by atoms with Gasteiger partial charge in [0.05, 0.1) is 11.2 Å². The fourth-order valence-electron chi connectivity index (χ4n) is 2.09. The Balaban J connectivity index is 1.85. The largest absolute Gasteiger partial charge is 0.508 e. The van der Waals surface area contributed by atoms with Crippen molar-refractivity contribution in [3.8, 4) is 5.75 Å². The highest BCUT2D eigenvalue weighted by Crippen LogP contribution is 2.14. The van der Waals surface area contributed by atoms with Crippen molar-refractivity contribution in [2.45, 2.75) is 0 Å². The van der Waals surface area contributed by atoms with E-state index in [0.717, 1.165) is 16.6 Å². The molecule has 0 saturated heterocycles. The zero-order valence-corrected chi connectivity index (χ0v) is 11.2. The average molecular weight is 275 g/mol. The zero-order valence-electron chi connectivity index (χ0n) is 11.2. The van der Waals surface area contributed by atoms with Gasteiger partial charge in [-0.25, -0.2) is 4.98 Å². The number of pyridine rings is 1. The highest BCUT2D eigenvalue weighted by atomic mass is 16.3. The van der Waals surface area contributed by atoms with E-state index in [9.17, 15) is 9.90 Å². The molecule has 102 valence electrons. The zero-order chi connectivity index (χ0) is 14.7. The molecular formula is C18H13NO2. The third-order valence-electron chi connectivity index (χ3n) is 3.16. The van der Waals surface area contributed by atoms with Gasteiger partial charge in [0.2, 0.25) is 0 Å². The summed E-state index contributed by atoms with van der Waals surface area (Å²) in [4.78, 5) is 16.5. The molecule has 1 N–H and O–H groups in total. The van der Waals surface area contributed by atoms with Gasteiger partial charge in [0, 0.05) is 10.9 Å². The molecule has 0 radical (unpaired) electrons. The lowest BCUT2D eigenvalue weighted by Crippen LogP contribution is -1.93. The average Bonchev–Trinajstić information content (AvgIpc) is 2.52. The van der Waals surface area contributed by atoms with Gasteiger partial charge < -0.3 is 5.11 Å². The number of nitrogens with zero attached hydrogens (tertiary/aromatic N) is 1. The Kier molecular flexibility index (Phi) is 3.48. The van der Waals surface area contributed by atoms with Crippen LogP contribution in [0, 0.1) is 0 Å². The van der Waals surface area contributed by atoms with Crippen molar-refractivity contribution in [2.75, 3.05) is 0 Å². The highest BCUT2D eigenvalue weighted by Gasteiger charge is 2.02. The Morgan fingerprint density at radius 3 is 2.71 bits per heavy atom. The molecule has 3 aromatic rings. The molecule has 3 rings (SSSR count). The quantitative estimate of drug-likeness (QED) is 0.583. The lowest BCUT2D eigenvalue weighted by molar-refractivity contribution is 0.104. The van der Waals surface area contributed by atoms with E-state index in [1.165, 1.54) is 18.2 Å². The predicted octanol–water partition coefficient (Wildman–Crippen LogP) is 3.84. The number of phenols is 1. The van der Waals surface area contributed by atoms with Crippen molar-refractivity contribution in [3.05, 3.63) is 78.0 Å². The van der Waals surface area contributed by atoms with Crippen LogP contribution in [-0.2, 0) is 0 Å². The molecule has 1 aromatic heterocycles. The van der Waals surface area contributed by atoms with Crippen LogP contribution in [0.1, 0.15) is 16.1 Å². The Morgan fingerprint density at radius 1 is 1.00 bits per heavy atom. The molecule has 0 aliphatic rings. The van der Waals surface area contributed by atoms with Gasteiger partial charge in [-0.15, -0.1) is 0 Å². The van der Waals surface area contributed by atoms with E-state index < -0.39 is 0 Å². The van der Waals surface area contributed by atoms with Gasteiger partial charge >= 0.3 is 0 Å². The number of aromatic hydroxyl groups is 1. The Labute approximate surface area is 122 Å². The molecule has 0 spiro atoms. The Morgan fingerprint density at radius 2 is 1.86 bits per heavy atom. The van der Waals surface area contributed by atoms with E-state index in [1.54, 1.807) is 18.2 Å². The van der Waals surface area contributed by atoms with Crippen LogP contribution in [0.3, 0.4) is 0 Å². The molecule has 0 bridgehead atoms. The van der Waals surface area contributed by atoms with E-state index in [0.29, 0.717) is 5.56 Å². The minimum absolute atomic E-state index is 0.0816. The number of fused-ring (bicyclic) bond motifs is 1. The van der Waals surface area contributed by atoms with Crippen LogP contribution in [0.5, 0.6) is 5.75 Å². The number of benzene rings is 2. The molecule has 1 heterocycles. The maximum absolute atomic E-state index is 12.0. The number of ketones is 1. The second-order valence-electron chi connectivity index (χ2n) is 4.68. The van der Waals surface area contributed by atoms with Crippen LogP contribution in [0.15, 0.2) is 66.7 Å². The fraction of sp³-hybridized carbons (Fsp3) is 0. The van der Waals surface area contributed by atoms with Crippen molar-refractivity contribution >= 4 is 22.8 Å². The van der Waals surface area contributed by atoms with Crippen LogP contribution in [0.25, 0.3) is 17.0 Å².